The first-order chi connectivity index (χ1) is 5.81. The van der Waals surface area contributed by atoms with E-state index in [1.165, 1.54) is 6.42 Å². The number of hydrogen-bond acceptors (Lipinski definition) is 2. The minimum Gasteiger partial charge on any atom is -0.381 e. The molecule has 1 amide bonds. The fraction of sp³-hybridized carbons (Fsp3) is 0.889. The second-order valence-corrected chi connectivity index (χ2v) is 3.93. The summed E-state index contributed by atoms with van der Waals surface area (Å²) < 4.78 is 5.43. The van der Waals surface area contributed by atoms with Gasteiger partial charge in [-0.1, -0.05) is 0 Å². The Morgan fingerprint density at radius 2 is 2.33 bits per heavy atom. The van der Waals surface area contributed by atoms with Crippen molar-refractivity contribution >= 4 is 5.91 Å². The first kappa shape index (κ1) is 8.05. The zero-order valence-electron chi connectivity index (χ0n) is 7.27. The number of piperidine rings is 1. The van der Waals surface area contributed by atoms with Gasteiger partial charge in [0.1, 0.15) is 0 Å². The lowest BCUT2D eigenvalue weighted by Gasteiger charge is -2.39. The maximum absolute atomic E-state index is 11.2. The Kier molecular flexibility index (Phi) is 2.05. The van der Waals surface area contributed by atoms with Gasteiger partial charge in [-0.25, -0.2) is 0 Å². The van der Waals surface area contributed by atoms with Crippen LogP contribution in [-0.2, 0) is 9.53 Å². The highest BCUT2D eigenvalue weighted by atomic mass is 16.5. The number of hydrogen-bond donors (Lipinski definition) is 1. The van der Waals surface area contributed by atoms with Gasteiger partial charge in [-0.2, -0.15) is 0 Å². The topological polar surface area (TPSA) is 38.3 Å². The quantitative estimate of drug-likeness (QED) is 0.579. The van der Waals surface area contributed by atoms with E-state index in [9.17, 15) is 4.79 Å². The SMILES string of the molecule is O=C1CC2(CCCOC2)CCN1. The summed E-state index contributed by atoms with van der Waals surface area (Å²) in [7, 11) is 0. The van der Waals surface area contributed by atoms with Gasteiger partial charge < -0.3 is 10.1 Å². The number of carbonyl (C=O) groups is 1. The third-order valence-corrected chi connectivity index (χ3v) is 2.92. The van der Waals surface area contributed by atoms with Gasteiger partial charge in [0.15, 0.2) is 0 Å². The van der Waals surface area contributed by atoms with E-state index in [1.807, 2.05) is 0 Å². The molecule has 1 atom stereocenters. The molecule has 0 bridgehead atoms. The molecule has 0 aromatic rings. The number of rotatable bonds is 0. The molecule has 1 N–H and O–H groups in total. The Morgan fingerprint density at radius 1 is 1.42 bits per heavy atom. The Morgan fingerprint density at radius 3 is 3.00 bits per heavy atom. The molecule has 0 aromatic carbocycles. The van der Waals surface area contributed by atoms with Crippen molar-refractivity contribution in [1.29, 1.82) is 0 Å². The van der Waals surface area contributed by atoms with Crippen LogP contribution in [-0.4, -0.2) is 25.7 Å². The molecule has 0 aliphatic carbocycles. The maximum Gasteiger partial charge on any atom is 0.220 e. The summed E-state index contributed by atoms with van der Waals surface area (Å²) in [5, 5.41) is 2.86. The van der Waals surface area contributed by atoms with Crippen molar-refractivity contribution < 1.29 is 9.53 Å². The molecule has 12 heavy (non-hydrogen) atoms. The van der Waals surface area contributed by atoms with Crippen LogP contribution in [0.2, 0.25) is 0 Å². The Balaban J connectivity index is 2.02. The van der Waals surface area contributed by atoms with Crippen LogP contribution in [0.1, 0.15) is 25.7 Å². The standard InChI is InChI=1S/C9H15NO2/c11-8-6-9(3-4-10-8)2-1-5-12-7-9/h1-7H2,(H,10,11). The second-order valence-electron chi connectivity index (χ2n) is 3.93. The second kappa shape index (κ2) is 3.05. The summed E-state index contributed by atoms with van der Waals surface area (Å²) in [5.74, 6) is 0.201. The van der Waals surface area contributed by atoms with Crippen LogP contribution < -0.4 is 5.32 Å². The van der Waals surface area contributed by atoms with E-state index in [-0.39, 0.29) is 11.3 Å². The molecular weight excluding hydrogens is 154 g/mol. The average molecular weight is 169 g/mol. The summed E-state index contributed by atoms with van der Waals surface area (Å²) in [4.78, 5) is 11.2. The molecular formula is C9H15NO2. The van der Waals surface area contributed by atoms with Gasteiger partial charge in [-0.15, -0.1) is 0 Å². The molecule has 0 saturated carbocycles. The van der Waals surface area contributed by atoms with Crippen LogP contribution in [0.3, 0.4) is 0 Å². The molecule has 2 aliphatic rings. The van der Waals surface area contributed by atoms with Crippen LogP contribution in [0.4, 0.5) is 0 Å². The lowest BCUT2D eigenvalue weighted by atomic mass is 9.75. The third-order valence-electron chi connectivity index (χ3n) is 2.92. The molecule has 2 heterocycles. The molecule has 2 fully saturated rings. The van der Waals surface area contributed by atoms with E-state index >= 15 is 0 Å². The smallest absolute Gasteiger partial charge is 0.220 e. The highest BCUT2D eigenvalue weighted by Crippen LogP contribution is 2.37. The van der Waals surface area contributed by atoms with E-state index in [4.69, 9.17) is 4.74 Å². The highest BCUT2D eigenvalue weighted by Gasteiger charge is 2.37. The summed E-state index contributed by atoms with van der Waals surface area (Å²) in [6, 6.07) is 0. The van der Waals surface area contributed by atoms with Gasteiger partial charge in [-0.05, 0) is 19.3 Å². The van der Waals surface area contributed by atoms with E-state index in [0.29, 0.717) is 6.42 Å². The number of ether oxygens (including phenoxy) is 1. The molecule has 2 aliphatic heterocycles. The first-order valence-electron chi connectivity index (χ1n) is 4.65. The lowest BCUT2D eigenvalue weighted by molar-refractivity contribution is -0.129. The van der Waals surface area contributed by atoms with Crippen molar-refractivity contribution in [3.05, 3.63) is 0 Å². The molecule has 1 unspecified atom stereocenters. The van der Waals surface area contributed by atoms with Crippen molar-refractivity contribution in [2.45, 2.75) is 25.7 Å². The predicted molar refractivity (Wildman–Crippen MR) is 44.7 cm³/mol. The van der Waals surface area contributed by atoms with Crippen LogP contribution in [0.5, 0.6) is 0 Å². The van der Waals surface area contributed by atoms with Gasteiger partial charge >= 0.3 is 0 Å². The van der Waals surface area contributed by atoms with Gasteiger partial charge in [-0.3, -0.25) is 4.79 Å². The zero-order chi connectivity index (χ0) is 8.44. The van der Waals surface area contributed by atoms with Gasteiger partial charge in [0.25, 0.3) is 0 Å². The lowest BCUT2D eigenvalue weighted by Crippen LogP contribution is -2.45. The Bertz CT molecular complexity index is 179. The van der Waals surface area contributed by atoms with Crippen molar-refractivity contribution in [2.24, 2.45) is 5.41 Å². The largest absolute Gasteiger partial charge is 0.381 e. The highest BCUT2D eigenvalue weighted by molar-refractivity contribution is 5.77. The summed E-state index contributed by atoms with van der Waals surface area (Å²) in [6.07, 6.45) is 4.06. The van der Waals surface area contributed by atoms with Gasteiger partial charge in [0.05, 0.1) is 6.61 Å². The normalized spacial score (nSPS) is 36.5. The van der Waals surface area contributed by atoms with E-state index in [1.54, 1.807) is 0 Å². The number of nitrogens with one attached hydrogen (secondary N) is 1. The monoisotopic (exact) mass is 169 g/mol. The summed E-state index contributed by atoms with van der Waals surface area (Å²) >= 11 is 0. The third kappa shape index (κ3) is 1.46. The van der Waals surface area contributed by atoms with Crippen LogP contribution in [0.25, 0.3) is 0 Å². The molecule has 2 rings (SSSR count). The fourth-order valence-electron chi connectivity index (χ4n) is 2.21. The van der Waals surface area contributed by atoms with E-state index in [2.05, 4.69) is 5.32 Å². The fourth-order valence-corrected chi connectivity index (χ4v) is 2.21. The minimum absolute atomic E-state index is 0.195. The van der Waals surface area contributed by atoms with Crippen molar-refractivity contribution in [1.82, 2.24) is 5.32 Å². The molecule has 1 spiro atoms. The predicted octanol–water partition coefficient (Wildman–Crippen LogP) is 0.693. The van der Waals surface area contributed by atoms with Crippen molar-refractivity contribution in [3.8, 4) is 0 Å². The van der Waals surface area contributed by atoms with E-state index < -0.39 is 0 Å². The van der Waals surface area contributed by atoms with Crippen molar-refractivity contribution in [2.75, 3.05) is 19.8 Å². The summed E-state index contributed by atoms with van der Waals surface area (Å²) in [5.41, 5.74) is 0.195. The average Bonchev–Trinajstić information content (AvgIpc) is 2.05. The van der Waals surface area contributed by atoms with Crippen molar-refractivity contribution in [3.63, 3.8) is 0 Å². The first-order valence-corrected chi connectivity index (χ1v) is 4.65. The minimum atomic E-state index is 0.195. The maximum atomic E-state index is 11.2. The zero-order valence-corrected chi connectivity index (χ0v) is 7.27. The Labute approximate surface area is 72.5 Å². The molecule has 68 valence electrons. The van der Waals surface area contributed by atoms with Crippen LogP contribution in [0, 0.1) is 5.41 Å². The molecule has 2 saturated heterocycles. The number of amides is 1. The molecule has 3 heteroatoms. The molecule has 0 radical (unpaired) electrons. The molecule has 3 nitrogen and oxygen atoms in total. The van der Waals surface area contributed by atoms with Gasteiger partial charge in [0, 0.05) is 25.0 Å². The van der Waals surface area contributed by atoms with E-state index in [0.717, 1.165) is 32.6 Å². The Hall–Kier alpha value is -0.570. The van der Waals surface area contributed by atoms with Gasteiger partial charge in [0.2, 0.25) is 5.91 Å². The number of carbonyl (C=O) groups excluding carboxylic acids is 1. The summed E-state index contributed by atoms with van der Waals surface area (Å²) in [6.45, 7) is 2.51. The van der Waals surface area contributed by atoms with Crippen LogP contribution >= 0.6 is 0 Å². The van der Waals surface area contributed by atoms with Crippen LogP contribution in [0.15, 0.2) is 0 Å². The molecule has 0 aromatic heterocycles.